The van der Waals surface area contributed by atoms with E-state index in [9.17, 15) is 4.79 Å². The highest BCUT2D eigenvalue weighted by atomic mass is 16.5. The van der Waals surface area contributed by atoms with Gasteiger partial charge in [0.05, 0.1) is 6.61 Å². The minimum Gasteiger partial charge on any atom is -0.494 e. The van der Waals surface area contributed by atoms with Gasteiger partial charge < -0.3 is 14.4 Å². The summed E-state index contributed by atoms with van der Waals surface area (Å²) >= 11 is 0. The lowest BCUT2D eigenvalue weighted by Crippen LogP contribution is -2.32. The van der Waals surface area contributed by atoms with E-state index in [1.54, 1.807) is 19.5 Å². The Morgan fingerprint density at radius 3 is 2.52 bits per heavy atom. The lowest BCUT2D eigenvalue weighted by Gasteiger charge is -2.23. The lowest BCUT2D eigenvalue weighted by atomic mass is 10.2. The van der Waals surface area contributed by atoms with Crippen LogP contribution in [-0.2, 0) is 16.1 Å². The highest BCUT2D eigenvalue weighted by molar-refractivity contribution is 5.76. The highest BCUT2D eigenvalue weighted by Gasteiger charge is 2.13. The summed E-state index contributed by atoms with van der Waals surface area (Å²) < 4.78 is 10.8. The second-order valence-electron chi connectivity index (χ2n) is 5.78. The van der Waals surface area contributed by atoms with E-state index in [1.807, 2.05) is 47.4 Å². The topological polar surface area (TPSA) is 51.7 Å². The van der Waals surface area contributed by atoms with Crippen LogP contribution in [0.5, 0.6) is 5.75 Å². The van der Waals surface area contributed by atoms with Crippen LogP contribution < -0.4 is 4.74 Å². The first-order chi connectivity index (χ1) is 12.3. The largest absolute Gasteiger partial charge is 0.494 e. The summed E-state index contributed by atoms with van der Waals surface area (Å²) in [6.45, 7) is 2.48. The molecule has 1 amide bonds. The normalized spacial score (nSPS) is 10.4. The van der Waals surface area contributed by atoms with Crippen LogP contribution in [0.1, 0.15) is 24.8 Å². The van der Waals surface area contributed by atoms with Crippen LogP contribution in [0.2, 0.25) is 0 Å². The van der Waals surface area contributed by atoms with Crippen molar-refractivity contribution in [1.29, 1.82) is 0 Å². The van der Waals surface area contributed by atoms with Crippen LogP contribution in [0.4, 0.5) is 0 Å². The Kier molecular flexibility index (Phi) is 8.49. The van der Waals surface area contributed by atoms with Gasteiger partial charge in [0.25, 0.3) is 0 Å². The average molecular weight is 342 g/mol. The van der Waals surface area contributed by atoms with Crippen molar-refractivity contribution < 1.29 is 14.3 Å². The number of amides is 1. The molecule has 1 heterocycles. The van der Waals surface area contributed by atoms with Crippen LogP contribution in [0.15, 0.2) is 54.9 Å². The lowest BCUT2D eigenvalue weighted by molar-refractivity contribution is -0.132. The van der Waals surface area contributed by atoms with Crippen LogP contribution >= 0.6 is 0 Å². The number of hydrogen-bond donors (Lipinski definition) is 0. The van der Waals surface area contributed by atoms with Crippen molar-refractivity contribution in [2.45, 2.75) is 25.8 Å². The van der Waals surface area contributed by atoms with E-state index in [1.165, 1.54) is 0 Å². The van der Waals surface area contributed by atoms with Crippen LogP contribution in [0.25, 0.3) is 0 Å². The number of aromatic nitrogens is 1. The summed E-state index contributed by atoms with van der Waals surface area (Å²) in [7, 11) is 1.68. The minimum atomic E-state index is 0.143. The van der Waals surface area contributed by atoms with Gasteiger partial charge >= 0.3 is 0 Å². The predicted molar refractivity (Wildman–Crippen MR) is 97.3 cm³/mol. The van der Waals surface area contributed by atoms with Crippen molar-refractivity contribution in [1.82, 2.24) is 9.88 Å². The summed E-state index contributed by atoms with van der Waals surface area (Å²) in [5, 5.41) is 0. The molecule has 2 aromatic rings. The zero-order chi connectivity index (χ0) is 17.7. The quantitative estimate of drug-likeness (QED) is 0.588. The first kappa shape index (κ1) is 18.9. The molecule has 0 radical (unpaired) electrons. The first-order valence-electron chi connectivity index (χ1n) is 8.63. The molecule has 0 aliphatic rings. The first-order valence-corrected chi connectivity index (χ1v) is 8.63. The number of nitrogens with zero attached hydrogens (tertiary/aromatic N) is 2. The second kappa shape index (κ2) is 11.2. The van der Waals surface area contributed by atoms with Crippen molar-refractivity contribution in [3.8, 4) is 5.75 Å². The molecule has 0 spiro atoms. The Hall–Kier alpha value is -2.40. The van der Waals surface area contributed by atoms with Gasteiger partial charge in [-0.1, -0.05) is 18.2 Å². The molecule has 0 atom stereocenters. The predicted octanol–water partition coefficient (Wildman–Crippen LogP) is 3.31. The number of hydrogen-bond acceptors (Lipinski definition) is 4. The van der Waals surface area contributed by atoms with E-state index >= 15 is 0 Å². The molecule has 0 fully saturated rings. The molecule has 0 aliphatic carbocycles. The van der Waals surface area contributed by atoms with E-state index < -0.39 is 0 Å². The molecule has 0 aliphatic heterocycles. The van der Waals surface area contributed by atoms with E-state index in [0.717, 1.165) is 17.7 Å². The molecular formula is C20H26N2O3. The van der Waals surface area contributed by atoms with Crippen molar-refractivity contribution in [3.05, 3.63) is 60.4 Å². The summed E-state index contributed by atoms with van der Waals surface area (Å²) in [6, 6.07) is 13.5. The standard InChI is InChI=1S/C20H26N2O3/c1-24-15-6-14-22(17-18-10-12-21-13-11-18)20(23)9-5-16-25-19-7-3-2-4-8-19/h2-4,7-8,10-13H,5-6,9,14-17H2,1H3. The molecule has 5 heteroatoms. The number of pyridine rings is 1. The van der Waals surface area contributed by atoms with Crippen molar-refractivity contribution in [3.63, 3.8) is 0 Å². The van der Waals surface area contributed by atoms with Gasteiger partial charge in [-0.3, -0.25) is 9.78 Å². The van der Waals surface area contributed by atoms with Crippen molar-refractivity contribution in [2.75, 3.05) is 26.9 Å². The molecule has 1 aromatic carbocycles. The molecule has 0 N–H and O–H groups in total. The second-order valence-corrected chi connectivity index (χ2v) is 5.78. The molecule has 2 rings (SSSR count). The number of carbonyl (C=O) groups is 1. The van der Waals surface area contributed by atoms with E-state index in [-0.39, 0.29) is 5.91 Å². The fraction of sp³-hybridized carbons (Fsp3) is 0.400. The van der Waals surface area contributed by atoms with Gasteiger partial charge in [0.15, 0.2) is 0 Å². The number of carbonyl (C=O) groups excluding carboxylic acids is 1. The van der Waals surface area contributed by atoms with Crippen molar-refractivity contribution >= 4 is 5.91 Å². The molecule has 5 nitrogen and oxygen atoms in total. The Labute approximate surface area is 149 Å². The van der Waals surface area contributed by atoms with Gasteiger partial charge in [-0.25, -0.2) is 0 Å². The van der Waals surface area contributed by atoms with Gasteiger partial charge in [-0.2, -0.15) is 0 Å². The molecule has 25 heavy (non-hydrogen) atoms. The van der Waals surface area contributed by atoms with E-state index in [0.29, 0.717) is 39.1 Å². The van der Waals surface area contributed by atoms with Crippen LogP contribution in [0.3, 0.4) is 0 Å². The molecule has 0 bridgehead atoms. The van der Waals surface area contributed by atoms with Crippen LogP contribution in [0, 0.1) is 0 Å². The average Bonchev–Trinajstić information content (AvgIpc) is 2.66. The third-order valence-corrected chi connectivity index (χ3v) is 3.80. The Balaban J connectivity index is 1.79. The van der Waals surface area contributed by atoms with Gasteiger partial charge in [0.2, 0.25) is 5.91 Å². The maximum absolute atomic E-state index is 12.6. The number of rotatable bonds is 11. The van der Waals surface area contributed by atoms with Crippen molar-refractivity contribution in [2.24, 2.45) is 0 Å². The Morgan fingerprint density at radius 2 is 1.80 bits per heavy atom. The maximum Gasteiger partial charge on any atom is 0.222 e. The summed E-state index contributed by atoms with van der Waals surface area (Å²) in [6.07, 6.45) is 5.51. The zero-order valence-electron chi connectivity index (χ0n) is 14.8. The molecule has 1 aromatic heterocycles. The van der Waals surface area contributed by atoms with Gasteiger partial charge in [-0.05, 0) is 42.7 Å². The smallest absolute Gasteiger partial charge is 0.222 e. The molecule has 134 valence electrons. The number of methoxy groups -OCH3 is 1. The number of ether oxygens (including phenoxy) is 2. The molecule has 0 saturated carbocycles. The fourth-order valence-corrected chi connectivity index (χ4v) is 2.49. The molecule has 0 saturated heterocycles. The fourth-order valence-electron chi connectivity index (χ4n) is 2.49. The van der Waals surface area contributed by atoms with E-state index in [4.69, 9.17) is 9.47 Å². The van der Waals surface area contributed by atoms with Crippen LogP contribution in [-0.4, -0.2) is 42.7 Å². The number of benzene rings is 1. The summed E-state index contributed by atoms with van der Waals surface area (Å²) in [5.41, 5.74) is 1.08. The third kappa shape index (κ3) is 7.35. The zero-order valence-corrected chi connectivity index (χ0v) is 14.8. The third-order valence-electron chi connectivity index (χ3n) is 3.80. The summed E-state index contributed by atoms with van der Waals surface area (Å²) in [5.74, 6) is 0.980. The molecular weight excluding hydrogens is 316 g/mol. The van der Waals surface area contributed by atoms with Gasteiger partial charge in [-0.15, -0.1) is 0 Å². The van der Waals surface area contributed by atoms with Gasteiger partial charge in [0.1, 0.15) is 5.75 Å². The Bertz CT molecular complexity index is 605. The van der Waals surface area contributed by atoms with E-state index in [2.05, 4.69) is 4.98 Å². The maximum atomic E-state index is 12.6. The van der Waals surface area contributed by atoms with Gasteiger partial charge in [0, 0.05) is 45.6 Å². The monoisotopic (exact) mass is 342 g/mol. The Morgan fingerprint density at radius 1 is 1.04 bits per heavy atom. The SMILES string of the molecule is COCCCN(Cc1ccncc1)C(=O)CCCOc1ccccc1. The minimum absolute atomic E-state index is 0.143. The number of para-hydroxylation sites is 1. The highest BCUT2D eigenvalue weighted by Crippen LogP contribution is 2.11. The molecule has 0 unspecified atom stereocenters. The summed E-state index contributed by atoms with van der Waals surface area (Å²) in [4.78, 5) is 18.5.